The maximum Gasteiger partial charge on any atom is 0.213 e. The first-order valence-electron chi connectivity index (χ1n) is 6.90. The van der Waals surface area contributed by atoms with Gasteiger partial charge < -0.3 is 9.84 Å². The molecule has 1 aromatic rings. The van der Waals surface area contributed by atoms with Gasteiger partial charge in [0, 0.05) is 19.0 Å². The Hall–Kier alpha value is -0.900. The highest BCUT2D eigenvalue weighted by molar-refractivity contribution is 4.88. The van der Waals surface area contributed by atoms with Crippen LogP contribution in [0.4, 0.5) is 0 Å². The van der Waals surface area contributed by atoms with Crippen molar-refractivity contribution in [2.45, 2.75) is 51.0 Å². The number of hydrogen-bond acceptors (Lipinski definition) is 4. The van der Waals surface area contributed by atoms with Crippen LogP contribution in [0.25, 0.3) is 0 Å². The summed E-state index contributed by atoms with van der Waals surface area (Å²) in [4.78, 5) is 4.03. The van der Waals surface area contributed by atoms with Crippen LogP contribution in [0.3, 0.4) is 0 Å². The smallest absolute Gasteiger partial charge is 0.213 e. The minimum absolute atomic E-state index is 0.723. The largest absolute Gasteiger partial charge is 0.343 e. The zero-order valence-electron chi connectivity index (χ0n) is 10.3. The second kappa shape index (κ2) is 5.17. The molecule has 0 bridgehead atoms. The minimum Gasteiger partial charge on any atom is -0.343 e. The third-order valence-corrected chi connectivity index (χ3v) is 4.19. The lowest BCUT2D eigenvalue weighted by atomic mass is 9.83. The van der Waals surface area contributed by atoms with E-state index in [1.54, 1.807) is 0 Å². The zero-order chi connectivity index (χ0) is 11.5. The van der Waals surface area contributed by atoms with Crippen LogP contribution < -0.4 is 5.32 Å². The molecular weight excluding hydrogens is 214 g/mol. The lowest BCUT2D eigenvalue weighted by molar-refractivity contribution is 0.261. The van der Waals surface area contributed by atoms with E-state index in [0.29, 0.717) is 0 Å². The molecule has 2 fully saturated rings. The highest BCUT2D eigenvalue weighted by Crippen LogP contribution is 2.43. The molecule has 2 saturated carbocycles. The van der Waals surface area contributed by atoms with Crippen LogP contribution in [0.1, 0.15) is 44.3 Å². The van der Waals surface area contributed by atoms with Gasteiger partial charge in [0.1, 0.15) is 0 Å². The molecule has 4 heteroatoms. The molecule has 1 heterocycles. The number of nitrogens with one attached hydrogen (secondary N) is 1. The fourth-order valence-corrected chi connectivity index (χ4v) is 3.10. The zero-order valence-corrected chi connectivity index (χ0v) is 10.3. The lowest BCUT2D eigenvalue weighted by Crippen LogP contribution is -2.36. The quantitative estimate of drug-likeness (QED) is 0.849. The molecule has 0 saturated heterocycles. The Morgan fingerprint density at radius 3 is 2.94 bits per heavy atom. The van der Waals surface area contributed by atoms with Crippen LogP contribution in [0, 0.1) is 11.8 Å². The number of aromatic nitrogens is 2. The van der Waals surface area contributed by atoms with E-state index in [1.165, 1.54) is 44.9 Å². The van der Waals surface area contributed by atoms with Crippen LogP contribution in [-0.2, 0) is 6.42 Å². The maximum absolute atomic E-state index is 4.72. The minimum atomic E-state index is 0.723. The predicted molar refractivity (Wildman–Crippen MR) is 64.5 cm³/mol. The van der Waals surface area contributed by atoms with Crippen molar-refractivity contribution in [2.24, 2.45) is 11.8 Å². The normalized spacial score (nSPS) is 29.4. The number of nitrogens with zero attached hydrogens (tertiary/aromatic N) is 2. The summed E-state index contributed by atoms with van der Waals surface area (Å²) < 4.78 is 4.72. The first-order chi connectivity index (χ1) is 8.42. The van der Waals surface area contributed by atoms with Gasteiger partial charge in [-0.15, -0.1) is 0 Å². The van der Waals surface area contributed by atoms with Crippen LogP contribution in [0.5, 0.6) is 0 Å². The van der Waals surface area contributed by atoms with Crippen LogP contribution in [-0.4, -0.2) is 22.7 Å². The van der Waals surface area contributed by atoms with Gasteiger partial charge in [-0.2, -0.15) is 4.98 Å². The van der Waals surface area contributed by atoms with Gasteiger partial charge in [-0.05, 0) is 37.5 Å². The van der Waals surface area contributed by atoms with E-state index in [1.807, 2.05) is 0 Å². The Labute approximate surface area is 102 Å². The highest BCUT2D eigenvalue weighted by atomic mass is 16.5. The monoisotopic (exact) mass is 235 g/mol. The fraction of sp³-hybridized carbons (Fsp3) is 0.846. The van der Waals surface area contributed by atoms with Crippen LogP contribution in [0.15, 0.2) is 10.9 Å². The third-order valence-electron chi connectivity index (χ3n) is 4.19. The SMILES string of the molecule is c1nc(CCNC2CCCC(C3CC3)C2)no1. The number of hydrogen-bond donors (Lipinski definition) is 1. The first-order valence-corrected chi connectivity index (χ1v) is 6.90. The Balaban J connectivity index is 1.39. The molecule has 2 aliphatic rings. The molecule has 0 amide bonds. The van der Waals surface area contributed by atoms with Crippen molar-refractivity contribution in [2.75, 3.05) is 6.54 Å². The summed E-state index contributed by atoms with van der Waals surface area (Å²) >= 11 is 0. The molecule has 2 unspecified atom stereocenters. The summed E-state index contributed by atoms with van der Waals surface area (Å²) in [7, 11) is 0. The summed E-state index contributed by atoms with van der Waals surface area (Å²) in [6.45, 7) is 0.974. The van der Waals surface area contributed by atoms with E-state index < -0.39 is 0 Å². The molecule has 94 valence electrons. The van der Waals surface area contributed by atoms with Gasteiger partial charge in [-0.25, -0.2) is 0 Å². The van der Waals surface area contributed by atoms with Crippen molar-refractivity contribution in [1.29, 1.82) is 0 Å². The van der Waals surface area contributed by atoms with E-state index in [-0.39, 0.29) is 0 Å². The molecule has 0 spiro atoms. The fourth-order valence-electron chi connectivity index (χ4n) is 3.10. The summed E-state index contributed by atoms with van der Waals surface area (Å²) in [5.41, 5.74) is 0. The van der Waals surface area contributed by atoms with Crippen molar-refractivity contribution in [1.82, 2.24) is 15.5 Å². The van der Waals surface area contributed by atoms with Gasteiger partial charge in [-0.3, -0.25) is 0 Å². The Morgan fingerprint density at radius 1 is 1.24 bits per heavy atom. The van der Waals surface area contributed by atoms with Crippen molar-refractivity contribution in [3.63, 3.8) is 0 Å². The van der Waals surface area contributed by atoms with Gasteiger partial charge in [0.05, 0.1) is 0 Å². The third kappa shape index (κ3) is 3.06. The summed E-state index contributed by atoms with van der Waals surface area (Å²) in [5, 5.41) is 7.48. The molecule has 0 aromatic carbocycles. The number of rotatable bonds is 5. The molecule has 4 nitrogen and oxygen atoms in total. The van der Waals surface area contributed by atoms with E-state index in [4.69, 9.17) is 4.52 Å². The van der Waals surface area contributed by atoms with E-state index >= 15 is 0 Å². The molecular formula is C13H21N3O. The van der Waals surface area contributed by atoms with Crippen molar-refractivity contribution >= 4 is 0 Å². The topological polar surface area (TPSA) is 51.0 Å². The standard InChI is InChI=1S/C13H21N3O/c1-2-11(10-4-5-10)8-12(3-1)14-7-6-13-15-9-17-16-13/h9-12,14H,1-8H2. The summed E-state index contributed by atoms with van der Waals surface area (Å²) in [6, 6.07) is 0.723. The van der Waals surface area contributed by atoms with Crippen molar-refractivity contribution in [3.05, 3.63) is 12.2 Å². The molecule has 3 rings (SSSR count). The van der Waals surface area contributed by atoms with E-state index in [2.05, 4.69) is 15.5 Å². The Bertz CT molecular complexity index is 334. The Morgan fingerprint density at radius 2 is 2.18 bits per heavy atom. The molecule has 0 radical (unpaired) electrons. The average Bonchev–Trinajstić information content (AvgIpc) is 3.09. The van der Waals surface area contributed by atoms with Crippen LogP contribution in [0.2, 0.25) is 0 Å². The second-order valence-electron chi connectivity index (χ2n) is 5.51. The van der Waals surface area contributed by atoms with Crippen molar-refractivity contribution < 1.29 is 4.52 Å². The van der Waals surface area contributed by atoms with Crippen LogP contribution >= 0.6 is 0 Å². The Kier molecular flexibility index (Phi) is 3.41. The highest BCUT2D eigenvalue weighted by Gasteiger charge is 2.34. The van der Waals surface area contributed by atoms with Gasteiger partial charge >= 0.3 is 0 Å². The van der Waals surface area contributed by atoms with Gasteiger partial charge in [-0.1, -0.05) is 18.0 Å². The van der Waals surface area contributed by atoms with Crippen molar-refractivity contribution in [3.8, 4) is 0 Å². The van der Waals surface area contributed by atoms with Gasteiger partial charge in [0.25, 0.3) is 0 Å². The van der Waals surface area contributed by atoms with E-state index in [9.17, 15) is 0 Å². The molecule has 1 aromatic heterocycles. The molecule has 0 aliphatic heterocycles. The predicted octanol–water partition coefficient (Wildman–Crippen LogP) is 2.17. The van der Waals surface area contributed by atoms with Gasteiger partial charge in [0.2, 0.25) is 6.39 Å². The maximum atomic E-state index is 4.72. The van der Waals surface area contributed by atoms with E-state index in [0.717, 1.165) is 36.7 Å². The molecule has 2 atom stereocenters. The lowest BCUT2D eigenvalue weighted by Gasteiger charge is -2.29. The molecule has 17 heavy (non-hydrogen) atoms. The summed E-state index contributed by atoms with van der Waals surface area (Å²) in [5.74, 6) is 2.88. The first kappa shape index (κ1) is 11.2. The second-order valence-corrected chi connectivity index (χ2v) is 5.51. The van der Waals surface area contributed by atoms with Gasteiger partial charge in [0.15, 0.2) is 5.82 Å². The molecule has 1 N–H and O–H groups in total. The average molecular weight is 235 g/mol. The molecule has 2 aliphatic carbocycles. The summed E-state index contributed by atoms with van der Waals surface area (Å²) in [6.07, 6.45) is 10.8.